The number of allylic oxidation sites excluding steroid dienone is 1. The fraction of sp³-hybridized carbons (Fsp3) is 0.250. The molecule has 1 aromatic rings. The molecule has 0 radical (unpaired) electrons. The number of nitro benzene ring substituents is 1. The van der Waals surface area contributed by atoms with Crippen molar-refractivity contribution in [2.45, 2.75) is 13.8 Å². The zero-order valence-electron chi connectivity index (χ0n) is 10.0. The third-order valence-electron chi connectivity index (χ3n) is 2.14. The van der Waals surface area contributed by atoms with E-state index in [2.05, 4.69) is 0 Å². The van der Waals surface area contributed by atoms with E-state index in [9.17, 15) is 14.9 Å². The van der Waals surface area contributed by atoms with Gasteiger partial charge in [0.25, 0.3) is 5.69 Å². The van der Waals surface area contributed by atoms with Crippen LogP contribution < -0.4 is 4.74 Å². The summed E-state index contributed by atoms with van der Waals surface area (Å²) in [7, 11) is 0. The van der Waals surface area contributed by atoms with Gasteiger partial charge in [-0.1, -0.05) is 5.57 Å². The molecule has 18 heavy (non-hydrogen) atoms. The van der Waals surface area contributed by atoms with Crippen molar-refractivity contribution in [1.82, 2.24) is 0 Å². The summed E-state index contributed by atoms with van der Waals surface area (Å²) in [5.74, 6) is -1.06. The second kappa shape index (κ2) is 5.81. The van der Waals surface area contributed by atoms with Crippen molar-refractivity contribution in [1.29, 1.82) is 0 Å². The predicted molar refractivity (Wildman–Crippen MR) is 65.0 cm³/mol. The van der Waals surface area contributed by atoms with Gasteiger partial charge in [-0.05, 0) is 26.0 Å². The molecule has 0 aromatic heterocycles. The molecule has 1 rings (SSSR count). The lowest BCUT2D eigenvalue weighted by Gasteiger charge is -2.05. The molecule has 1 N–H and O–H groups in total. The van der Waals surface area contributed by atoms with Gasteiger partial charge in [-0.2, -0.15) is 0 Å². The van der Waals surface area contributed by atoms with Crippen molar-refractivity contribution in [2.75, 3.05) is 6.61 Å². The second-order valence-corrected chi connectivity index (χ2v) is 3.83. The minimum Gasteiger partial charge on any atom is -0.490 e. The summed E-state index contributed by atoms with van der Waals surface area (Å²) in [5, 5.41) is 19.5. The Morgan fingerprint density at radius 2 is 2.17 bits per heavy atom. The van der Waals surface area contributed by atoms with E-state index in [4.69, 9.17) is 9.84 Å². The van der Waals surface area contributed by atoms with Crippen molar-refractivity contribution < 1.29 is 19.6 Å². The first-order chi connectivity index (χ1) is 8.41. The molecule has 0 aliphatic heterocycles. The molecule has 0 heterocycles. The SMILES string of the molecule is CC(C)=CCOc1ccc([N+](=O)[O-])c(C(=O)O)c1. The highest BCUT2D eigenvalue weighted by Crippen LogP contribution is 2.24. The Balaban J connectivity index is 2.97. The average Bonchev–Trinajstić information content (AvgIpc) is 2.28. The van der Waals surface area contributed by atoms with Crippen LogP contribution in [0.4, 0.5) is 5.69 Å². The number of nitrogens with zero attached hydrogens (tertiary/aromatic N) is 1. The molecule has 0 unspecified atom stereocenters. The van der Waals surface area contributed by atoms with Crippen LogP contribution in [0.15, 0.2) is 29.8 Å². The highest BCUT2D eigenvalue weighted by Gasteiger charge is 2.20. The first-order valence-electron chi connectivity index (χ1n) is 5.19. The van der Waals surface area contributed by atoms with Crippen LogP contribution in [-0.2, 0) is 0 Å². The van der Waals surface area contributed by atoms with Crippen LogP contribution in [0.5, 0.6) is 5.75 Å². The highest BCUT2D eigenvalue weighted by molar-refractivity contribution is 5.92. The molecule has 0 bridgehead atoms. The largest absolute Gasteiger partial charge is 0.490 e. The molecule has 1 aromatic carbocycles. The standard InChI is InChI=1S/C12H13NO5/c1-8(2)5-6-18-9-3-4-11(13(16)17)10(7-9)12(14)15/h3-5,7H,6H2,1-2H3,(H,14,15). The van der Waals surface area contributed by atoms with E-state index in [1.165, 1.54) is 6.07 Å². The number of carbonyl (C=O) groups is 1. The van der Waals surface area contributed by atoms with Gasteiger partial charge in [-0.25, -0.2) is 4.79 Å². The summed E-state index contributed by atoms with van der Waals surface area (Å²) < 4.78 is 5.28. The number of hydrogen-bond donors (Lipinski definition) is 1. The van der Waals surface area contributed by atoms with Crippen molar-refractivity contribution in [3.63, 3.8) is 0 Å². The number of hydrogen-bond acceptors (Lipinski definition) is 4. The number of benzene rings is 1. The molecule has 0 aliphatic rings. The lowest BCUT2D eigenvalue weighted by Crippen LogP contribution is -2.04. The minimum absolute atomic E-state index is 0.288. The number of ether oxygens (including phenoxy) is 1. The topological polar surface area (TPSA) is 89.7 Å². The molecule has 0 fully saturated rings. The van der Waals surface area contributed by atoms with E-state index in [1.54, 1.807) is 0 Å². The minimum atomic E-state index is -1.35. The Hall–Kier alpha value is -2.37. The van der Waals surface area contributed by atoms with Crippen LogP contribution >= 0.6 is 0 Å². The smallest absolute Gasteiger partial charge is 0.342 e. The number of aromatic carboxylic acids is 1. The van der Waals surface area contributed by atoms with Gasteiger partial charge in [0.1, 0.15) is 17.9 Å². The van der Waals surface area contributed by atoms with Crippen molar-refractivity contribution in [3.8, 4) is 5.75 Å². The molecule has 0 saturated carbocycles. The molecule has 0 amide bonds. The van der Waals surface area contributed by atoms with Crippen LogP contribution in [0.3, 0.4) is 0 Å². The quantitative estimate of drug-likeness (QED) is 0.493. The van der Waals surface area contributed by atoms with E-state index in [-0.39, 0.29) is 11.3 Å². The Morgan fingerprint density at radius 3 is 2.67 bits per heavy atom. The van der Waals surface area contributed by atoms with Gasteiger partial charge in [-0.3, -0.25) is 10.1 Å². The maximum absolute atomic E-state index is 10.9. The summed E-state index contributed by atoms with van der Waals surface area (Å²) in [6.07, 6.45) is 1.82. The van der Waals surface area contributed by atoms with Crippen LogP contribution in [0, 0.1) is 10.1 Å². The number of carboxylic acids is 1. The number of carboxylic acid groups (broad SMARTS) is 1. The number of rotatable bonds is 5. The van der Waals surface area contributed by atoms with Gasteiger partial charge in [0.05, 0.1) is 4.92 Å². The fourth-order valence-corrected chi connectivity index (χ4v) is 1.24. The summed E-state index contributed by atoms with van der Waals surface area (Å²) in [4.78, 5) is 20.8. The maximum atomic E-state index is 10.9. The van der Waals surface area contributed by atoms with Crippen LogP contribution in [0.1, 0.15) is 24.2 Å². The Kier molecular flexibility index (Phi) is 4.42. The zero-order valence-corrected chi connectivity index (χ0v) is 10.0. The lowest BCUT2D eigenvalue weighted by atomic mass is 10.1. The first-order valence-corrected chi connectivity index (χ1v) is 5.19. The monoisotopic (exact) mass is 251 g/mol. The van der Waals surface area contributed by atoms with Gasteiger partial charge < -0.3 is 9.84 Å². The Morgan fingerprint density at radius 1 is 1.50 bits per heavy atom. The van der Waals surface area contributed by atoms with Gasteiger partial charge in [0.2, 0.25) is 0 Å². The normalized spacial score (nSPS) is 9.67. The van der Waals surface area contributed by atoms with Gasteiger partial charge in [0, 0.05) is 12.1 Å². The molecule has 0 spiro atoms. The van der Waals surface area contributed by atoms with Crippen LogP contribution in [-0.4, -0.2) is 22.6 Å². The lowest BCUT2D eigenvalue weighted by molar-refractivity contribution is -0.385. The summed E-state index contributed by atoms with van der Waals surface area (Å²) in [6.45, 7) is 4.10. The molecule has 6 nitrogen and oxygen atoms in total. The van der Waals surface area contributed by atoms with Crippen molar-refractivity contribution in [3.05, 3.63) is 45.5 Å². The molecule has 0 atom stereocenters. The summed E-state index contributed by atoms with van der Waals surface area (Å²) >= 11 is 0. The van der Waals surface area contributed by atoms with E-state index >= 15 is 0 Å². The zero-order chi connectivity index (χ0) is 13.7. The van der Waals surface area contributed by atoms with Crippen LogP contribution in [0.2, 0.25) is 0 Å². The Labute approximate surface area is 104 Å². The summed E-state index contributed by atoms with van der Waals surface area (Å²) in [6, 6.07) is 3.66. The van der Waals surface area contributed by atoms with E-state index in [0.717, 1.165) is 17.7 Å². The third kappa shape index (κ3) is 3.58. The van der Waals surface area contributed by atoms with Gasteiger partial charge in [0.15, 0.2) is 0 Å². The predicted octanol–water partition coefficient (Wildman–Crippen LogP) is 2.64. The first kappa shape index (κ1) is 13.7. The third-order valence-corrected chi connectivity index (χ3v) is 2.14. The fourth-order valence-electron chi connectivity index (χ4n) is 1.24. The molecular weight excluding hydrogens is 238 g/mol. The van der Waals surface area contributed by atoms with Crippen LogP contribution in [0.25, 0.3) is 0 Å². The Bertz CT molecular complexity index is 503. The van der Waals surface area contributed by atoms with E-state index in [1.807, 2.05) is 19.9 Å². The molecular formula is C12H13NO5. The van der Waals surface area contributed by atoms with E-state index < -0.39 is 16.6 Å². The molecule has 96 valence electrons. The van der Waals surface area contributed by atoms with Gasteiger partial charge >= 0.3 is 5.97 Å². The highest BCUT2D eigenvalue weighted by atomic mass is 16.6. The number of nitro groups is 1. The van der Waals surface area contributed by atoms with E-state index in [0.29, 0.717) is 6.61 Å². The average molecular weight is 251 g/mol. The molecule has 0 saturated heterocycles. The molecule has 0 aliphatic carbocycles. The van der Waals surface area contributed by atoms with Crippen molar-refractivity contribution >= 4 is 11.7 Å². The van der Waals surface area contributed by atoms with Gasteiger partial charge in [-0.15, -0.1) is 0 Å². The van der Waals surface area contributed by atoms with Crippen molar-refractivity contribution in [2.24, 2.45) is 0 Å². The summed E-state index contributed by atoms with van der Waals surface area (Å²) in [5.41, 5.74) is 0.238. The second-order valence-electron chi connectivity index (χ2n) is 3.83. The maximum Gasteiger partial charge on any atom is 0.342 e. The molecule has 6 heteroatoms.